The van der Waals surface area contributed by atoms with Gasteiger partial charge in [0.05, 0.1) is 33.4 Å². The molecule has 1 aromatic heterocycles. The zero-order valence-electron chi connectivity index (χ0n) is 17.4. The summed E-state index contributed by atoms with van der Waals surface area (Å²) in [6, 6.07) is 23.4. The van der Waals surface area contributed by atoms with Crippen LogP contribution in [-0.4, -0.2) is 17.4 Å². The first-order chi connectivity index (χ1) is 15.6. The summed E-state index contributed by atoms with van der Waals surface area (Å²) >= 11 is 12.2. The van der Waals surface area contributed by atoms with E-state index in [2.05, 4.69) is 29.6 Å². The molecule has 0 spiro atoms. The van der Waals surface area contributed by atoms with Gasteiger partial charge in [0, 0.05) is 28.6 Å². The molecule has 4 aromatic rings. The van der Waals surface area contributed by atoms with Gasteiger partial charge in [-0.05, 0) is 24.3 Å². The van der Waals surface area contributed by atoms with E-state index in [1.165, 1.54) is 10.5 Å². The number of amides is 1. The van der Waals surface area contributed by atoms with Crippen molar-refractivity contribution in [3.63, 3.8) is 0 Å². The molecule has 1 aliphatic rings. The maximum Gasteiger partial charge on any atom is 0.256 e. The molecule has 5 rings (SSSR count). The van der Waals surface area contributed by atoms with Gasteiger partial charge in [-0.15, -0.1) is 0 Å². The fraction of sp³-hybridized carbons (Fsp3) is 0.154. The Hall–Kier alpha value is -2.92. The number of nitrogens with one attached hydrogen (secondary N) is 2. The van der Waals surface area contributed by atoms with Gasteiger partial charge in [0.1, 0.15) is 13.1 Å². The molecule has 1 unspecified atom stereocenters. The second kappa shape index (κ2) is 8.91. The highest BCUT2D eigenvalue weighted by Gasteiger charge is 2.28. The van der Waals surface area contributed by atoms with Gasteiger partial charge in [-0.25, -0.2) is 0 Å². The van der Waals surface area contributed by atoms with Crippen LogP contribution in [0.5, 0.6) is 0 Å². The monoisotopic (exact) mass is 462 g/mol. The predicted molar refractivity (Wildman–Crippen MR) is 130 cm³/mol. The van der Waals surface area contributed by atoms with Gasteiger partial charge >= 0.3 is 0 Å². The lowest BCUT2D eigenvalue weighted by Gasteiger charge is -2.27. The Morgan fingerprint density at radius 3 is 2.56 bits per heavy atom. The van der Waals surface area contributed by atoms with E-state index in [0.29, 0.717) is 21.3 Å². The first kappa shape index (κ1) is 21.0. The number of pyridine rings is 1. The molecule has 32 heavy (non-hydrogen) atoms. The van der Waals surface area contributed by atoms with E-state index in [-0.39, 0.29) is 5.91 Å². The summed E-state index contributed by atoms with van der Waals surface area (Å²) in [7, 11) is 0. The number of halogens is 2. The van der Waals surface area contributed by atoms with Crippen LogP contribution in [0, 0.1) is 0 Å². The summed E-state index contributed by atoms with van der Waals surface area (Å²) in [5, 5.41) is 4.74. The number of anilines is 1. The molecular formula is C26H22Cl2N3O+. The van der Waals surface area contributed by atoms with Crippen LogP contribution in [-0.2, 0) is 19.5 Å². The molecule has 1 aliphatic heterocycles. The molecule has 160 valence electrons. The van der Waals surface area contributed by atoms with Crippen LogP contribution >= 0.6 is 23.2 Å². The second-order valence-corrected chi connectivity index (χ2v) is 8.92. The average Bonchev–Trinajstić information content (AvgIpc) is 2.80. The predicted octanol–water partition coefficient (Wildman–Crippen LogP) is 4.94. The lowest BCUT2D eigenvalue weighted by Crippen LogP contribution is -3.10. The van der Waals surface area contributed by atoms with Crippen LogP contribution in [0.1, 0.15) is 27.2 Å². The van der Waals surface area contributed by atoms with Crippen molar-refractivity contribution < 1.29 is 9.69 Å². The molecular weight excluding hydrogens is 441 g/mol. The van der Waals surface area contributed by atoms with E-state index in [9.17, 15) is 4.79 Å². The molecule has 3 aromatic carbocycles. The van der Waals surface area contributed by atoms with Crippen LogP contribution in [0.3, 0.4) is 0 Å². The van der Waals surface area contributed by atoms with Crippen molar-refractivity contribution in [3.05, 3.63) is 105 Å². The summed E-state index contributed by atoms with van der Waals surface area (Å²) in [4.78, 5) is 19.9. The molecule has 1 atom stereocenters. The van der Waals surface area contributed by atoms with E-state index in [0.717, 1.165) is 48.2 Å². The molecule has 0 saturated carbocycles. The van der Waals surface area contributed by atoms with Gasteiger partial charge in [-0.1, -0.05) is 71.7 Å². The lowest BCUT2D eigenvalue weighted by atomic mass is 9.95. The molecule has 0 aliphatic carbocycles. The van der Waals surface area contributed by atoms with Gasteiger partial charge in [0.15, 0.2) is 0 Å². The molecule has 2 N–H and O–H groups in total. The Morgan fingerprint density at radius 1 is 0.969 bits per heavy atom. The quantitative estimate of drug-likeness (QED) is 0.451. The summed E-state index contributed by atoms with van der Waals surface area (Å²) in [5.74, 6) is -0.154. The molecule has 0 fully saturated rings. The number of rotatable bonds is 4. The van der Waals surface area contributed by atoms with E-state index >= 15 is 0 Å². The first-order valence-corrected chi connectivity index (χ1v) is 11.4. The van der Waals surface area contributed by atoms with E-state index < -0.39 is 0 Å². The fourth-order valence-corrected chi connectivity index (χ4v) is 4.69. The van der Waals surface area contributed by atoms with Gasteiger partial charge in [0.2, 0.25) is 0 Å². The maximum absolute atomic E-state index is 13.5. The minimum absolute atomic E-state index is 0.154. The third-order valence-electron chi connectivity index (χ3n) is 5.92. The number of para-hydroxylation sites is 1. The zero-order chi connectivity index (χ0) is 22.1. The van der Waals surface area contributed by atoms with Gasteiger partial charge in [-0.2, -0.15) is 0 Å². The Kier molecular flexibility index (Phi) is 5.83. The summed E-state index contributed by atoms with van der Waals surface area (Å²) < 4.78 is 0. The van der Waals surface area contributed by atoms with Gasteiger partial charge < -0.3 is 10.2 Å². The number of benzene rings is 3. The van der Waals surface area contributed by atoms with Crippen molar-refractivity contribution in [1.29, 1.82) is 0 Å². The maximum atomic E-state index is 13.5. The standard InChI is InChI=1S/C26H21Cl2N3O/c27-21-11-10-18(14-22(21)28)29-26(32)25-19-8-4-5-9-23(19)30-24-12-13-31(16-20(24)25)15-17-6-2-1-3-7-17/h1-11,14H,12-13,15-16H2,(H,29,32)/p+1. The minimum atomic E-state index is -0.154. The fourth-order valence-electron chi connectivity index (χ4n) is 4.40. The van der Waals surface area contributed by atoms with E-state index in [1.807, 2.05) is 30.3 Å². The molecule has 4 nitrogen and oxygen atoms in total. The molecule has 0 bridgehead atoms. The Balaban J connectivity index is 1.53. The number of hydrogen-bond acceptors (Lipinski definition) is 2. The number of carbonyl (C=O) groups excluding carboxylic acids is 1. The number of carbonyl (C=O) groups is 1. The molecule has 1 amide bonds. The molecule has 6 heteroatoms. The van der Waals surface area contributed by atoms with Crippen molar-refractivity contribution in [2.45, 2.75) is 19.5 Å². The number of fused-ring (bicyclic) bond motifs is 2. The Morgan fingerprint density at radius 2 is 1.75 bits per heavy atom. The topological polar surface area (TPSA) is 46.4 Å². The number of aromatic nitrogens is 1. The molecule has 2 heterocycles. The smallest absolute Gasteiger partial charge is 0.256 e. The number of hydrogen-bond donors (Lipinski definition) is 2. The summed E-state index contributed by atoms with van der Waals surface area (Å²) in [6.07, 6.45) is 0.843. The third-order valence-corrected chi connectivity index (χ3v) is 6.66. The van der Waals surface area contributed by atoms with E-state index in [1.54, 1.807) is 18.2 Å². The van der Waals surface area contributed by atoms with Crippen LogP contribution < -0.4 is 10.2 Å². The number of quaternary nitrogens is 1. The number of nitrogens with zero attached hydrogens (tertiary/aromatic N) is 1. The highest BCUT2D eigenvalue weighted by atomic mass is 35.5. The third kappa shape index (κ3) is 4.22. The van der Waals surface area contributed by atoms with Crippen LogP contribution in [0.25, 0.3) is 10.9 Å². The molecule has 0 saturated heterocycles. The zero-order valence-corrected chi connectivity index (χ0v) is 18.9. The summed E-state index contributed by atoms with van der Waals surface area (Å²) in [5.41, 5.74) is 5.49. The first-order valence-electron chi connectivity index (χ1n) is 10.6. The minimum Gasteiger partial charge on any atom is -0.327 e. The summed E-state index contributed by atoms with van der Waals surface area (Å²) in [6.45, 7) is 2.66. The van der Waals surface area contributed by atoms with Crippen LogP contribution in [0.4, 0.5) is 5.69 Å². The SMILES string of the molecule is O=C(Nc1ccc(Cl)c(Cl)c1)c1c2c(nc3ccccc13)CC[NH+](Cc1ccccc1)C2. The van der Waals surface area contributed by atoms with Gasteiger partial charge in [-0.3, -0.25) is 9.78 Å². The van der Waals surface area contributed by atoms with E-state index in [4.69, 9.17) is 28.2 Å². The van der Waals surface area contributed by atoms with Crippen molar-refractivity contribution in [2.24, 2.45) is 0 Å². The molecule has 0 radical (unpaired) electrons. The van der Waals surface area contributed by atoms with Gasteiger partial charge in [0.25, 0.3) is 5.91 Å². The van der Waals surface area contributed by atoms with Crippen molar-refractivity contribution in [2.75, 3.05) is 11.9 Å². The Labute approximate surface area is 196 Å². The van der Waals surface area contributed by atoms with Crippen LogP contribution in [0.2, 0.25) is 10.0 Å². The Bertz CT molecular complexity index is 1310. The lowest BCUT2D eigenvalue weighted by molar-refractivity contribution is -0.929. The highest BCUT2D eigenvalue weighted by molar-refractivity contribution is 6.42. The van der Waals surface area contributed by atoms with Crippen molar-refractivity contribution in [1.82, 2.24) is 4.98 Å². The van der Waals surface area contributed by atoms with Crippen molar-refractivity contribution >= 4 is 45.7 Å². The second-order valence-electron chi connectivity index (χ2n) is 8.10. The van der Waals surface area contributed by atoms with Crippen molar-refractivity contribution in [3.8, 4) is 0 Å². The highest BCUT2D eigenvalue weighted by Crippen LogP contribution is 2.28. The normalized spacial score (nSPS) is 15.4. The largest absolute Gasteiger partial charge is 0.327 e. The van der Waals surface area contributed by atoms with Crippen LogP contribution in [0.15, 0.2) is 72.8 Å². The average molecular weight is 463 g/mol.